The summed E-state index contributed by atoms with van der Waals surface area (Å²) in [6, 6.07) is 33.1. The van der Waals surface area contributed by atoms with Gasteiger partial charge in [-0.3, -0.25) is 8.63 Å². The highest BCUT2D eigenvalue weighted by atomic mass is 19.2. The summed E-state index contributed by atoms with van der Waals surface area (Å²) in [5, 5.41) is 18.7. The molecule has 0 spiro atoms. The van der Waals surface area contributed by atoms with Crippen molar-refractivity contribution in [1.29, 1.82) is 0 Å². The van der Waals surface area contributed by atoms with Crippen LogP contribution in [0.5, 0.6) is 11.5 Å². The van der Waals surface area contributed by atoms with Crippen LogP contribution < -0.4 is 4.74 Å². The maximum atomic E-state index is 15.0. The molecule has 0 aliphatic carbocycles. The summed E-state index contributed by atoms with van der Waals surface area (Å²) >= 11 is 0. The van der Waals surface area contributed by atoms with Crippen molar-refractivity contribution in [1.82, 2.24) is 4.48 Å². The summed E-state index contributed by atoms with van der Waals surface area (Å²) in [6.07, 6.45) is 1.86. The second kappa shape index (κ2) is 12.2. The average molecular weight is 587 g/mol. The number of nitrogens with zero attached hydrogens (tertiary/aromatic N) is 3. The Hall–Kier alpha value is -5.77. The highest BCUT2D eigenvalue weighted by Crippen LogP contribution is 2.40. The lowest BCUT2D eigenvalue weighted by Gasteiger charge is -2.11. The zero-order chi connectivity index (χ0) is 30.6. The predicted molar refractivity (Wildman–Crippen MR) is 168 cm³/mol. The second-order valence-corrected chi connectivity index (χ2v) is 9.89. The van der Waals surface area contributed by atoms with Crippen LogP contribution in [-0.4, -0.2) is 46.2 Å². The normalized spacial score (nSPS) is 13.5. The van der Waals surface area contributed by atoms with Gasteiger partial charge in [-0.2, -0.15) is 0 Å². The number of aliphatic imine (C=N–C) groups is 2. The van der Waals surface area contributed by atoms with Crippen LogP contribution in [0.3, 0.4) is 0 Å². The molecule has 216 valence electrons. The minimum Gasteiger partial charge on any atom is -0.508 e. The number of amidine groups is 1. The van der Waals surface area contributed by atoms with E-state index in [1.807, 2.05) is 66.7 Å². The molecular weight excluding hydrogens is 563 g/mol. The number of phenolic OH excluding ortho intramolecular Hbond substituents is 1. The van der Waals surface area contributed by atoms with Crippen molar-refractivity contribution in [2.45, 2.75) is 0 Å². The maximum Gasteiger partial charge on any atom is 0.679 e. The van der Waals surface area contributed by atoms with Crippen LogP contribution in [0.4, 0.5) is 14.4 Å². The fraction of sp³-hybridized carbons (Fsp3) is 0.0294. The molecular formula is C34H24BF2N3O4. The summed E-state index contributed by atoms with van der Waals surface area (Å²) in [7, 11) is -2.95. The van der Waals surface area contributed by atoms with E-state index in [1.165, 1.54) is 12.1 Å². The number of carbonyl (C=O) groups is 1. The van der Waals surface area contributed by atoms with Crippen molar-refractivity contribution >= 4 is 36.3 Å². The summed E-state index contributed by atoms with van der Waals surface area (Å²) in [5.41, 5.74) is 4.66. The highest BCUT2D eigenvalue weighted by Gasteiger charge is 2.30. The third-order valence-corrected chi connectivity index (χ3v) is 7.01. The van der Waals surface area contributed by atoms with Crippen molar-refractivity contribution in [2.75, 3.05) is 6.61 Å². The van der Waals surface area contributed by atoms with Crippen molar-refractivity contribution in [2.24, 2.45) is 9.98 Å². The number of rotatable bonds is 9. The number of hydrogen-bond donors (Lipinski definition) is 2. The zero-order valence-corrected chi connectivity index (χ0v) is 23.1. The number of carboxylic acid groups (broad SMARTS) is 1. The van der Waals surface area contributed by atoms with E-state index in [0.29, 0.717) is 33.7 Å². The van der Waals surface area contributed by atoms with E-state index in [1.54, 1.807) is 42.5 Å². The lowest BCUT2D eigenvalue weighted by atomic mass is 10.0. The molecule has 0 saturated carbocycles. The van der Waals surface area contributed by atoms with Gasteiger partial charge < -0.3 is 19.4 Å². The first kappa shape index (κ1) is 28.4. The van der Waals surface area contributed by atoms with E-state index in [2.05, 4.69) is 0 Å². The Morgan fingerprint density at radius 1 is 0.818 bits per heavy atom. The van der Waals surface area contributed by atoms with E-state index in [-0.39, 0.29) is 23.1 Å². The van der Waals surface area contributed by atoms with Gasteiger partial charge >= 0.3 is 13.4 Å². The van der Waals surface area contributed by atoms with E-state index >= 15 is 0 Å². The molecule has 4 aromatic carbocycles. The van der Waals surface area contributed by atoms with Crippen molar-refractivity contribution in [3.8, 4) is 33.9 Å². The first-order chi connectivity index (χ1) is 21.4. The Morgan fingerprint density at radius 2 is 1.43 bits per heavy atom. The molecule has 1 aliphatic rings. The number of carboxylic acids is 1. The molecule has 0 atom stereocenters. The molecule has 2 N–H and O–H groups in total. The maximum absolute atomic E-state index is 15.0. The van der Waals surface area contributed by atoms with E-state index < -0.39 is 20.0 Å². The molecule has 0 amide bonds. The lowest BCUT2D eigenvalue weighted by molar-refractivity contribution is -0.139. The first-order valence-electron chi connectivity index (χ1n) is 13.7. The smallest absolute Gasteiger partial charge is 0.508 e. The fourth-order valence-corrected chi connectivity index (χ4v) is 4.95. The molecule has 44 heavy (non-hydrogen) atoms. The van der Waals surface area contributed by atoms with E-state index in [9.17, 15) is 18.5 Å². The van der Waals surface area contributed by atoms with Crippen molar-refractivity contribution in [3.63, 3.8) is 0 Å². The number of halogens is 2. The van der Waals surface area contributed by atoms with Crippen LogP contribution in [0.2, 0.25) is 0 Å². The monoisotopic (exact) mass is 587 g/mol. The summed E-state index contributed by atoms with van der Waals surface area (Å²) in [5.74, 6) is -0.413. The molecule has 5 aromatic rings. The molecule has 0 radical (unpaired) electrons. The average Bonchev–Trinajstić information content (AvgIpc) is 3.64. The van der Waals surface area contributed by atoms with Crippen LogP contribution in [0.1, 0.15) is 11.1 Å². The minimum absolute atomic E-state index is 0.0277. The molecule has 1 aliphatic heterocycles. The number of hydrogen-bond acceptors (Lipinski definition) is 4. The molecule has 1 aromatic heterocycles. The standard InChI is InChI=1S/C34H24BF2N3O4/c36-35(37)40-31(25-13-17-27(18-14-25)44-21-32(42)43)20-29(23-9-5-2-6-10-23)34(40)39-33-28(22-7-3-1-4-8-22)19-30(38-33)24-11-15-26(41)16-12-24/h1-20,41H,21H2,(H,42,43)/b39-33-. The Labute approximate surface area is 252 Å². The van der Waals surface area contributed by atoms with Gasteiger partial charge in [-0.1, -0.05) is 60.7 Å². The largest absolute Gasteiger partial charge is 0.679 e. The summed E-state index contributed by atoms with van der Waals surface area (Å²) < 4.78 is 36.1. The third kappa shape index (κ3) is 5.91. The fourth-order valence-electron chi connectivity index (χ4n) is 4.95. The molecule has 7 nitrogen and oxygen atoms in total. The molecule has 6 rings (SSSR count). The van der Waals surface area contributed by atoms with Crippen LogP contribution >= 0.6 is 0 Å². The lowest BCUT2D eigenvalue weighted by Crippen LogP contribution is -2.14. The van der Waals surface area contributed by atoms with Crippen molar-refractivity contribution < 1.29 is 28.4 Å². The first-order valence-corrected chi connectivity index (χ1v) is 13.7. The molecule has 0 unspecified atom stereocenters. The van der Waals surface area contributed by atoms with Gasteiger partial charge in [-0.15, -0.1) is 0 Å². The molecule has 0 saturated heterocycles. The molecule has 2 heterocycles. The number of benzene rings is 4. The number of aliphatic carboxylic acids is 1. The third-order valence-electron chi connectivity index (χ3n) is 7.01. The van der Waals surface area contributed by atoms with Gasteiger partial charge in [0.15, 0.2) is 12.4 Å². The number of phenols is 1. The number of ether oxygens (including phenoxy) is 1. The number of aromatic hydroxyl groups is 1. The van der Waals surface area contributed by atoms with Gasteiger partial charge in [0.05, 0.1) is 5.71 Å². The van der Waals surface area contributed by atoms with Gasteiger partial charge in [0.25, 0.3) is 0 Å². The van der Waals surface area contributed by atoms with Gasteiger partial charge in [-0.05, 0) is 77.4 Å². The Balaban J connectivity index is 1.53. The second-order valence-electron chi connectivity index (χ2n) is 9.89. The Morgan fingerprint density at radius 3 is 2.05 bits per heavy atom. The molecule has 0 bridgehead atoms. The van der Waals surface area contributed by atoms with Gasteiger partial charge in [0, 0.05) is 22.4 Å². The number of aromatic nitrogens is 1. The molecule has 10 heteroatoms. The van der Waals surface area contributed by atoms with Gasteiger partial charge in [0.1, 0.15) is 17.3 Å². The zero-order valence-electron chi connectivity index (χ0n) is 23.1. The Bertz CT molecular complexity index is 1900. The van der Waals surface area contributed by atoms with Crippen LogP contribution in [-0.2, 0) is 4.79 Å². The van der Waals surface area contributed by atoms with E-state index in [4.69, 9.17) is 19.8 Å². The quantitative estimate of drug-likeness (QED) is 0.176. The molecule has 0 fully saturated rings. The van der Waals surface area contributed by atoms with E-state index in [0.717, 1.165) is 15.6 Å². The van der Waals surface area contributed by atoms with Crippen LogP contribution in [0, 0.1) is 0 Å². The highest BCUT2D eigenvalue weighted by molar-refractivity contribution is 6.43. The Kier molecular flexibility index (Phi) is 7.88. The van der Waals surface area contributed by atoms with Gasteiger partial charge in [-0.25, -0.2) is 14.8 Å². The predicted octanol–water partition coefficient (Wildman–Crippen LogP) is 7.38. The minimum atomic E-state index is -2.95. The summed E-state index contributed by atoms with van der Waals surface area (Å²) in [6.45, 7) is -0.517. The SMILES string of the molecule is O=C(O)COc1ccc(-c2cc(-c3ccccc3)c(/N=C3\N=C(c4ccc(O)cc4)C=C3c3ccccc3)n2B(F)F)cc1. The van der Waals surface area contributed by atoms with Crippen molar-refractivity contribution in [3.05, 3.63) is 132 Å². The van der Waals surface area contributed by atoms with Crippen LogP contribution in [0.15, 0.2) is 131 Å². The van der Waals surface area contributed by atoms with Crippen LogP contribution in [0.25, 0.3) is 28.0 Å². The number of allylic oxidation sites excluding steroid dienone is 1. The van der Waals surface area contributed by atoms with Gasteiger partial charge in [0.2, 0.25) is 0 Å². The topological polar surface area (TPSA) is 96.4 Å². The summed E-state index contributed by atoms with van der Waals surface area (Å²) in [4.78, 5) is 20.5.